The predicted octanol–water partition coefficient (Wildman–Crippen LogP) is 1.11. The van der Waals surface area contributed by atoms with Crippen LogP contribution in [0.1, 0.15) is 6.92 Å². The molecule has 0 saturated heterocycles. The number of methoxy groups -OCH3 is 2. The van der Waals surface area contributed by atoms with E-state index in [-0.39, 0.29) is 21.4 Å². The third kappa shape index (κ3) is 3.53. The second-order valence-electron chi connectivity index (χ2n) is 3.82. The summed E-state index contributed by atoms with van der Waals surface area (Å²) in [7, 11) is -1.44. The van der Waals surface area contributed by atoms with E-state index >= 15 is 0 Å². The van der Waals surface area contributed by atoms with Gasteiger partial charge in [0.1, 0.15) is 22.4 Å². The van der Waals surface area contributed by atoms with Crippen LogP contribution in [0.3, 0.4) is 0 Å². The van der Waals surface area contributed by atoms with E-state index in [2.05, 4.69) is 0 Å². The number of carboxylic acids is 1. The molecular formula is C11H14ClNO6S. The highest BCUT2D eigenvalue weighted by Gasteiger charge is 2.26. The van der Waals surface area contributed by atoms with E-state index in [0.717, 1.165) is 6.07 Å². The number of sulfonamides is 1. The first-order chi connectivity index (χ1) is 9.22. The standard InChI is InChI=1S/C11H14ClNO6S/c1-6(11(14)15)13-20(16,17)10-4-7(12)8(18-2)5-9(10)19-3/h4-6,13H,1-3H3,(H,14,15)/t6-/m0/s1. The molecule has 1 aromatic carbocycles. The Hall–Kier alpha value is -1.51. The first-order valence-electron chi connectivity index (χ1n) is 5.39. The van der Waals surface area contributed by atoms with E-state index in [1.807, 2.05) is 4.72 Å². The quantitative estimate of drug-likeness (QED) is 0.813. The number of benzene rings is 1. The highest BCUT2D eigenvalue weighted by molar-refractivity contribution is 7.89. The minimum Gasteiger partial charge on any atom is -0.495 e. The van der Waals surface area contributed by atoms with Crippen molar-refractivity contribution in [3.63, 3.8) is 0 Å². The van der Waals surface area contributed by atoms with Gasteiger partial charge in [0.05, 0.1) is 19.2 Å². The molecular weight excluding hydrogens is 310 g/mol. The maximum Gasteiger partial charge on any atom is 0.321 e. The van der Waals surface area contributed by atoms with Crippen LogP contribution in [0.5, 0.6) is 11.5 Å². The number of aliphatic carboxylic acids is 1. The first kappa shape index (κ1) is 16.5. The van der Waals surface area contributed by atoms with Gasteiger partial charge in [0.25, 0.3) is 0 Å². The molecule has 0 aliphatic heterocycles. The van der Waals surface area contributed by atoms with Crippen molar-refractivity contribution >= 4 is 27.6 Å². The van der Waals surface area contributed by atoms with Crippen molar-refractivity contribution in [2.45, 2.75) is 17.9 Å². The lowest BCUT2D eigenvalue weighted by Crippen LogP contribution is -2.38. The molecule has 2 N–H and O–H groups in total. The van der Waals surface area contributed by atoms with Crippen LogP contribution in [0.15, 0.2) is 17.0 Å². The number of ether oxygens (including phenoxy) is 2. The number of carboxylic acid groups (broad SMARTS) is 1. The maximum atomic E-state index is 12.1. The summed E-state index contributed by atoms with van der Waals surface area (Å²) < 4.78 is 36.2. The van der Waals surface area contributed by atoms with Crippen LogP contribution in [-0.4, -0.2) is 39.8 Å². The van der Waals surface area contributed by atoms with Gasteiger partial charge in [-0.2, -0.15) is 4.72 Å². The molecule has 0 amide bonds. The van der Waals surface area contributed by atoms with E-state index in [4.69, 9.17) is 26.2 Å². The second-order valence-corrected chi connectivity index (χ2v) is 5.91. The SMILES string of the molecule is COc1cc(OC)c(S(=O)(=O)N[C@@H](C)C(=O)O)cc1Cl. The van der Waals surface area contributed by atoms with E-state index < -0.39 is 22.0 Å². The minimum absolute atomic E-state index is 0.00339. The number of hydrogen-bond acceptors (Lipinski definition) is 5. The molecule has 1 aromatic rings. The second kappa shape index (κ2) is 6.29. The molecule has 112 valence electrons. The summed E-state index contributed by atoms with van der Waals surface area (Å²) in [5.74, 6) is -1.06. The van der Waals surface area contributed by atoms with E-state index in [0.29, 0.717) is 0 Å². The lowest BCUT2D eigenvalue weighted by Gasteiger charge is -2.14. The van der Waals surface area contributed by atoms with Crippen LogP contribution >= 0.6 is 11.6 Å². The molecule has 9 heteroatoms. The third-order valence-electron chi connectivity index (χ3n) is 2.43. The van der Waals surface area contributed by atoms with Crippen LogP contribution in [0.25, 0.3) is 0 Å². The summed E-state index contributed by atoms with van der Waals surface area (Å²) in [6.45, 7) is 1.21. The van der Waals surface area contributed by atoms with Crippen molar-refractivity contribution in [2.24, 2.45) is 0 Å². The van der Waals surface area contributed by atoms with Gasteiger partial charge in [-0.15, -0.1) is 0 Å². The van der Waals surface area contributed by atoms with Gasteiger partial charge in [-0.1, -0.05) is 11.6 Å². The molecule has 0 saturated carbocycles. The predicted molar refractivity (Wildman–Crippen MR) is 72.0 cm³/mol. The molecule has 7 nitrogen and oxygen atoms in total. The fourth-order valence-electron chi connectivity index (χ4n) is 1.39. The first-order valence-corrected chi connectivity index (χ1v) is 7.25. The topological polar surface area (TPSA) is 102 Å². The highest BCUT2D eigenvalue weighted by atomic mass is 35.5. The molecule has 0 fully saturated rings. The van der Waals surface area contributed by atoms with Crippen LogP contribution in [0, 0.1) is 0 Å². The summed E-state index contributed by atoms with van der Waals surface area (Å²) in [6, 6.07) is 1.16. The van der Waals surface area contributed by atoms with Crippen molar-refractivity contribution in [3.8, 4) is 11.5 Å². The Labute approximate surface area is 121 Å². The Bertz CT molecular complexity index is 616. The van der Waals surface area contributed by atoms with Gasteiger partial charge in [-0.05, 0) is 13.0 Å². The number of hydrogen-bond donors (Lipinski definition) is 2. The van der Waals surface area contributed by atoms with Gasteiger partial charge in [0.15, 0.2) is 0 Å². The Morgan fingerprint density at radius 1 is 1.30 bits per heavy atom. The van der Waals surface area contributed by atoms with E-state index in [1.165, 1.54) is 27.2 Å². The molecule has 1 rings (SSSR count). The summed E-state index contributed by atoms with van der Waals surface area (Å²) in [5.41, 5.74) is 0. The molecule has 0 radical (unpaired) electrons. The minimum atomic E-state index is -4.09. The van der Waals surface area contributed by atoms with Crippen molar-refractivity contribution < 1.29 is 27.8 Å². The van der Waals surface area contributed by atoms with Gasteiger partial charge in [0.2, 0.25) is 10.0 Å². The summed E-state index contributed by atoms with van der Waals surface area (Å²) in [6.07, 6.45) is 0. The zero-order chi connectivity index (χ0) is 15.5. The Kier molecular flexibility index (Phi) is 5.21. The average Bonchev–Trinajstić information content (AvgIpc) is 2.37. The Morgan fingerprint density at radius 3 is 2.30 bits per heavy atom. The highest BCUT2D eigenvalue weighted by Crippen LogP contribution is 2.35. The maximum absolute atomic E-state index is 12.1. The molecule has 0 aromatic heterocycles. The van der Waals surface area contributed by atoms with Crippen molar-refractivity contribution in [1.82, 2.24) is 4.72 Å². The van der Waals surface area contributed by atoms with Gasteiger partial charge in [-0.25, -0.2) is 8.42 Å². The smallest absolute Gasteiger partial charge is 0.321 e. The van der Waals surface area contributed by atoms with Crippen LogP contribution in [0.4, 0.5) is 0 Å². The van der Waals surface area contributed by atoms with Crippen molar-refractivity contribution in [1.29, 1.82) is 0 Å². The molecule has 1 atom stereocenters. The molecule has 0 spiro atoms. The van der Waals surface area contributed by atoms with Gasteiger partial charge in [-0.3, -0.25) is 4.79 Å². The number of halogens is 1. The van der Waals surface area contributed by atoms with Crippen molar-refractivity contribution in [2.75, 3.05) is 14.2 Å². The summed E-state index contributed by atoms with van der Waals surface area (Å²) in [4.78, 5) is 10.5. The summed E-state index contributed by atoms with van der Waals surface area (Å²) >= 11 is 5.87. The molecule has 0 bridgehead atoms. The zero-order valence-electron chi connectivity index (χ0n) is 11.0. The van der Waals surface area contributed by atoms with Crippen LogP contribution in [-0.2, 0) is 14.8 Å². The molecule has 0 aliphatic carbocycles. The molecule has 20 heavy (non-hydrogen) atoms. The fourth-order valence-corrected chi connectivity index (χ4v) is 3.07. The fraction of sp³-hybridized carbons (Fsp3) is 0.364. The van der Waals surface area contributed by atoms with Crippen LogP contribution < -0.4 is 14.2 Å². The zero-order valence-corrected chi connectivity index (χ0v) is 12.6. The summed E-state index contributed by atoms with van der Waals surface area (Å²) in [5, 5.41) is 8.82. The van der Waals surface area contributed by atoms with Gasteiger partial charge < -0.3 is 14.6 Å². The number of rotatable bonds is 6. The van der Waals surface area contributed by atoms with Gasteiger partial charge >= 0.3 is 5.97 Å². The molecule has 0 aliphatic rings. The Balaban J connectivity index is 3.31. The largest absolute Gasteiger partial charge is 0.495 e. The average molecular weight is 324 g/mol. The molecule has 0 heterocycles. The van der Waals surface area contributed by atoms with E-state index in [1.54, 1.807) is 0 Å². The van der Waals surface area contributed by atoms with Gasteiger partial charge in [0, 0.05) is 6.07 Å². The normalized spacial score (nSPS) is 12.8. The van der Waals surface area contributed by atoms with Crippen LogP contribution in [0.2, 0.25) is 5.02 Å². The Morgan fingerprint density at radius 2 is 1.85 bits per heavy atom. The lowest BCUT2D eigenvalue weighted by atomic mass is 10.3. The number of nitrogens with one attached hydrogen (secondary N) is 1. The van der Waals surface area contributed by atoms with E-state index in [9.17, 15) is 13.2 Å². The third-order valence-corrected chi connectivity index (χ3v) is 4.29. The number of carbonyl (C=O) groups is 1. The molecule has 0 unspecified atom stereocenters. The monoisotopic (exact) mass is 323 g/mol. The van der Waals surface area contributed by atoms with Crippen molar-refractivity contribution in [3.05, 3.63) is 17.2 Å². The lowest BCUT2D eigenvalue weighted by molar-refractivity contribution is -0.138.